The van der Waals surface area contributed by atoms with Crippen molar-refractivity contribution in [1.82, 2.24) is 0 Å². The van der Waals surface area contributed by atoms with Gasteiger partial charge in [0.1, 0.15) is 6.61 Å². The number of ether oxygens (including phenoxy) is 2. The van der Waals surface area contributed by atoms with Gasteiger partial charge in [0.15, 0.2) is 11.5 Å². The Hall–Kier alpha value is -1.83. The van der Waals surface area contributed by atoms with Gasteiger partial charge in [-0.25, -0.2) is 0 Å². The second kappa shape index (κ2) is 8.71. The van der Waals surface area contributed by atoms with E-state index < -0.39 is 0 Å². The van der Waals surface area contributed by atoms with Gasteiger partial charge in [0.05, 0.1) is 11.6 Å². The molecule has 0 amide bonds. The molecule has 0 aromatic heterocycles. The molecule has 3 nitrogen and oxygen atoms in total. The van der Waals surface area contributed by atoms with Crippen LogP contribution in [0.2, 0.25) is 5.02 Å². The second-order valence-corrected chi connectivity index (χ2v) is 6.01. The van der Waals surface area contributed by atoms with Crippen molar-refractivity contribution >= 4 is 33.2 Å². The van der Waals surface area contributed by atoms with Crippen LogP contribution in [0.3, 0.4) is 0 Å². The van der Waals surface area contributed by atoms with E-state index in [-0.39, 0.29) is 6.61 Å². The summed E-state index contributed by atoms with van der Waals surface area (Å²) in [5, 5.41) is 3.82. The van der Waals surface area contributed by atoms with Gasteiger partial charge in [-0.15, -0.1) is 6.42 Å². The highest BCUT2D eigenvalue weighted by Crippen LogP contribution is 2.36. The molecule has 23 heavy (non-hydrogen) atoms. The molecule has 2 aromatic rings. The van der Waals surface area contributed by atoms with Crippen LogP contribution in [0.25, 0.3) is 0 Å². The smallest absolute Gasteiger partial charge is 0.181 e. The first-order valence-electron chi connectivity index (χ1n) is 7.15. The number of benzene rings is 2. The highest BCUT2D eigenvalue weighted by atomic mass is 79.9. The van der Waals surface area contributed by atoms with Gasteiger partial charge in [0.25, 0.3) is 0 Å². The maximum atomic E-state index is 6.30. The predicted molar refractivity (Wildman–Crippen MR) is 98.4 cm³/mol. The molecule has 5 heteroatoms. The standard InChI is InChI=1S/C18H17BrClNO2/c1-3-9-23-18-16(20)10-13(11-17(18)22-4-2)12-21-15-7-5-14(19)6-8-15/h1,5-8,10-11,21H,4,9,12H2,2H3. The number of halogens is 2. The lowest BCUT2D eigenvalue weighted by Gasteiger charge is -2.15. The number of hydrogen-bond acceptors (Lipinski definition) is 3. The summed E-state index contributed by atoms with van der Waals surface area (Å²) in [5.74, 6) is 3.51. The Balaban J connectivity index is 2.15. The molecule has 0 fully saturated rings. The highest BCUT2D eigenvalue weighted by Gasteiger charge is 2.12. The Morgan fingerprint density at radius 1 is 1.22 bits per heavy atom. The lowest BCUT2D eigenvalue weighted by Crippen LogP contribution is -2.03. The normalized spacial score (nSPS) is 10.0. The molecule has 2 aromatic carbocycles. The Labute approximate surface area is 150 Å². The molecule has 0 radical (unpaired) electrons. The minimum atomic E-state index is 0.149. The molecule has 0 atom stereocenters. The monoisotopic (exact) mass is 393 g/mol. The van der Waals surface area contributed by atoms with Crippen molar-refractivity contribution in [2.24, 2.45) is 0 Å². The maximum absolute atomic E-state index is 6.30. The molecule has 120 valence electrons. The van der Waals surface area contributed by atoms with Gasteiger partial charge in [-0.3, -0.25) is 0 Å². The molecule has 0 saturated heterocycles. The van der Waals surface area contributed by atoms with Gasteiger partial charge < -0.3 is 14.8 Å². The van der Waals surface area contributed by atoms with E-state index in [9.17, 15) is 0 Å². The average Bonchev–Trinajstić information content (AvgIpc) is 2.54. The summed E-state index contributed by atoms with van der Waals surface area (Å²) in [6, 6.07) is 11.7. The SMILES string of the molecule is C#CCOc1c(Cl)cc(CNc2ccc(Br)cc2)cc1OCC. The summed E-state index contributed by atoms with van der Waals surface area (Å²) >= 11 is 9.72. The number of hydrogen-bond donors (Lipinski definition) is 1. The number of nitrogens with one attached hydrogen (secondary N) is 1. The fourth-order valence-corrected chi connectivity index (χ4v) is 2.56. The van der Waals surface area contributed by atoms with Crippen molar-refractivity contribution in [3.63, 3.8) is 0 Å². The maximum Gasteiger partial charge on any atom is 0.181 e. The molecule has 2 rings (SSSR count). The molecule has 0 unspecified atom stereocenters. The predicted octanol–water partition coefficient (Wildman–Crippen LogP) is 5.13. The Bertz CT molecular complexity index is 695. The molecular formula is C18H17BrClNO2. The van der Waals surface area contributed by atoms with Gasteiger partial charge in [-0.2, -0.15) is 0 Å². The zero-order valence-corrected chi connectivity index (χ0v) is 15.1. The van der Waals surface area contributed by atoms with Crippen LogP contribution in [-0.2, 0) is 6.54 Å². The second-order valence-electron chi connectivity index (χ2n) is 4.69. The van der Waals surface area contributed by atoms with E-state index in [1.54, 1.807) is 0 Å². The summed E-state index contributed by atoms with van der Waals surface area (Å²) in [5.41, 5.74) is 2.02. The van der Waals surface area contributed by atoms with Crippen molar-refractivity contribution in [3.8, 4) is 23.8 Å². The van der Waals surface area contributed by atoms with E-state index in [2.05, 4.69) is 27.2 Å². The van der Waals surface area contributed by atoms with Gasteiger partial charge in [0, 0.05) is 16.7 Å². The Morgan fingerprint density at radius 2 is 1.96 bits per heavy atom. The third-order valence-corrected chi connectivity index (χ3v) is 3.82. The van der Waals surface area contributed by atoms with E-state index in [1.165, 1.54) is 0 Å². The van der Waals surface area contributed by atoms with E-state index in [0.29, 0.717) is 29.7 Å². The van der Waals surface area contributed by atoms with Crippen LogP contribution in [-0.4, -0.2) is 13.2 Å². The molecule has 0 aliphatic rings. The first-order valence-corrected chi connectivity index (χ1v) is 8.32. The fourth-order valence-electron chi connectivity index (χ4n) is 2.01. The average molecular weight is 395 g/mol. The summed E-state index contributed by atoms with van der Waals surface area (Å²) in [7, 11) is 0. The summed E-state index contributed by atoms with van der Waals surface area (Å²) in [6.07, 6.45) is 5.23. The summed E-state index contributed by atoms with van der Waals surface area (Å²) < 4.78 is 12.1. The molecule has 0 aliphatic heterocycles. The largest absolute Gasteiger partial charge is 0.490 e. The summed E-state index contributed by atoms with van der Waals surface area (Å²) in [4.78, 5) is 0. The lowest BCUT2D eigenvalue weighted by molar-refractivity contribution is 0.299. The third-order valence-electron chi connectivity index (χ3n) is 3.01. The van der Waals surface area contributed by atoms with E-state index >= 15 is 0 Å². The molecule has 0 aliphatic carbocycles. The molecule has 0 bridgehead atoms. The number of rotatable bonds is 7. The van der Waals surface area contributed by atoms with Gasteiger partial charge >= 0.3 is 0 Å². The first kappa shape index (κ1) is 17.5. The zero-order valence-electron chi connectivity index (χ0n) is 12.7. The van der Waals surface area contributed by atoms with Crippen molar-refractivity contribution in [3.05, 3.63) is 51.5 Å². The minimum Gasteiger partial charge on any atom is -0.490 e. The van der Waals surface area contributed by atoms with Crippen LogP contribution in [0.4, 0.5) is 5.69 Å². The van der Waals surface area contributed by atoms with Crippen molar-refractivity contribution in [2.75, 3.05) is 18.5 Å². The first-order chi connectivity index (χ1) is 11.1. The van der Waals surface area contributed by atoms with Crippen molar-refractivity contribution in [2.45, 2.75) is 13.5 Å². The molecule has 0 saturated carbocycles. The van der Waals surface area contributed by atoms with Crippen LogP contribution in [0.5, 0.6) is 11.5 Å². The van der Waals surface area contributed by atoms with Gasteiger partial charge in [-0.1, -0.05) is 33.5 Å². The summed E-state index contributed by atoms with van der Waals surface area (Å²) in [6.45, 7) is 3.20. The van der Waals surface area contributed by atoms with Crippen LogP contribution < -0.4 is 14.8 Å². The number of terminal acetylenes is 1. The van der Waals surface area contributed by atoms with Crippen LogP contribution in [0.15, 0.2) is 40.9 Å². The molecule has 1 N–H and O–H groups in total. The van der Waals surface area contributed by atoms with Crippen LogP contribution in [0, 0.1) is 12.3 Å². The third kappa shape index (κ3) is 5.09. The van der Waals surface area contributed by atoms with E-state index in [1.807, 2.05) is 43.3 Å². The Kier molecular flexibility index (Phi) is 6.64. The van der Waals surface area contributed by atoms with Gasteiger partial charge in [-0.05, 0) is 48.9 Å². The molecule has 0 spiro atoms. The highest BCUT2D eigenvalue weighted by molar-refractivity contribution is 9.10. The minimum absolute atomic E-state index is 0.149. The van der Waals surface area contributed by atoms with E-state index in [4.69, 9.17) is 27.5 Å². The quantitative estimate of drug-likeness (QED) is 0.661. The van der Waals surface area contributed by atoms with Gasteiger partial charge in [0.2, 0.25) is 0 Å². The molecule has 0 heterocycles. The van der Waals surface area contributed by atoms with Crippen molar-refractivity contribution in [1.29, 1.82) is 0 Å². The Morgan fingerprint density at radius 3 is 2.61 bits per heavy atom. The fraction of sp³-hybridized carbons (Fsp3) is 0.222. The molecular weight excluding hydrogens is 378 g/mol. The van der Waals surface area contributed by atoms with E-state index in [0.717, 1.165) is 15.7 Å². The van der Waals surface area contributed by atoms with Crippen LogP contribution in [0.1, 0.15) is 12.5 Å². The topological polar surface area (TPSA) is 30.5 Å². The number of anilines is 1. The van der Waals surface area contributed by atoms with Crippen LogP contribution >= 0.6 is 27.5 Å². The lowest BCUT2D eigenvalue weighted by atomic mass is 10.2. The zero-order chi connectivity index (χ0) is 16.7. The van der Waals surface area contributed by atoms with Crippen molar-refractivity contribution < 1.29 is 9.47 Å².